The Morgan fingerprint density at radius 3 is 2.46 bits per heavy atom. The average molecular weight is 535 g/mol. The van der Waals surface area contributed by atoms with Gasteiger partial charge in [0.1, 0.15) is 18.2 Å². The number of carbonyl (C=O) groups excluding carboxylic acids is 3. The van der Waals surface area contributed by atoms with Crippen LogP contribution in [0.5, 0.6) is 0 Å². The summed E-state index contributed by atoms with van der Waals surface area (Å²) >= 11 is 5.99. The molecule has 37 heavy (non-hydrogen) atoms. The maximum atomic E-state index is 13.8. The zero-order valence-corrected chi connectivity index (χ0v) is 21.2. The summed E-state index contributed by atoms with van der Waals surface area (Å²) in [5.41, 5.74) is 1.04. The number of rotatable bonds is 5. The fourth-order valence-corrected chi connectivity index (χ4v) is 5.63. The Bertz CT molecular complexity index is 1050. The van der Waals surface area contributed by atoms with Gasteiger partial charge in [0.05, 0.1) is 19.8 Å². The predicted molar refractivity (Wildman–Crippen MR) is 132 cm³/mol. The second kappa shape index (κ2) is 10.8. The number of amides is 5. The molecule has 1 aromatic rings. The molecule has 3 atom stereocenters. The fraction of sp³-hybridized carbons (Fsp3) is 0.583. The Morgan fingerprint density at radius 1 is 1.03 bits per heavy atom. The first-order valence-electron chi connectivity index (χ1n) is 12.5. The quantitative estimate of drug-likeness (QED) is 0.504. The number of urea groups is 1. The molecule has 0 aromatic heterocycles. The number of nitrogens with one attached hydrogen (secondary N) is 1. The van der Waals surface area contributed by atoms with Crippen molar-refractivity contribution in [3.05, 3.63) is 34.9 Å². The van der Waals surface area contributed by atoms with Crippen molar-refractivity contribution >= 4 is 35.5 Å². The highest BCUT2D eigenvalue weighted by molar-refractivity contribution is 6.30. The standard InChI is InChI=1S/C24H31ClN6O6/c25-17-3-1-16(2-4-17)5-6-27-7-8-29(24(35)36)15-20(27)31-22(33)19-14-26-13-18(30(19)23(31)34)21(32)28-9-11-37-12-10-28/h1-4,18-20,26H,5-15H2,(H,35,36). The molecule has 4 saturated heterocycles. The topological polar surface area (TPSA) is 126 Å². The van der Waals surface area contributed by atoms with E-state index in [9.17, 15) is 24.3 Å². The van der Waals surface area contributed by atoms with Gasteiger partial charge in [-0.3, -0.25) is 19.4 Å². The van der Waals surface area contributed by atoms with E-state index in [1.807, 2.05) is 17.0 Å². The molecular formula is C24H31ClN6O6. The predicted octanol–water partition coefficient (Wildman–Crippen LogP) is -0.0324. The van der Waals surface area contributed by atoms with Gasteiger partial charge < -0.3 is 25.0 Å². The van der Waals surface area contributed by atoms with E-state index in [0.717, 1.165) is 5.56 Å². The lowest BCUT2D eigenvalue weighted by Gasteiger charge is -2.43. The molecule has 0 aliphatic carbocycles. The monoisotopic (exact) mass is 534 g/mol. The van der Waals surface area contributed by atoms with Crippen molar-refractivity contribution in [1.82, 2.24) is 29.8 Å². The molecule has 4 fully saturated rings. The van der Waals surface area contributed by atoms with Crippen molar-refractivity contribution in [3.63, 3.8) is 0 Å². The number of nitrogens with zero attached hydrogens (tertiary/aromatic N) is 5. The second-order valence-electron chi connectivity index (χ2n) is 9.65. The van der Waals surface area contributed by atoms with E-state index in [1.54, 1.807) is 17.0 Å². The summed E-state index contributed by atoms with van der Waals surface area (Å²) in [6.07, 6.45) is -1.22. The third-order valence-corrected chi connectivity index (χ3v) is 7.79. The molecule has 5 amide bonds. The van der Waals surface area contributed by atoms with Gasteiger partial charge in [-0.2, -0.15) is 0 Å². The lowest BCUT2D eigenvalue weighted by Crippen LogP contribution is -2.64. The Hall–Kier alpha value is -2.93. The summed E-state index contributed by atoms with van der Waals surface area (Å²) in [5.74, 6) is -0.621. The number of carboxylic acid groups (broad SMARTS) is 1. The molecule has 13 heteroatoms. The molecule has 5 rings (SSSR count). The number of ether oxygens (including phenoxy) is 1. The van der Waals surface area contributed by atoms with Gasteiger partial charge in [0, 0.05) is 50.8 Å². The lowest BCUT2D eigenvalue weighted by molar-refractivity contribution is -0.142. The Kier molecular flexibility index (Phi) is 7.52. The smallest absolute Gasteiger partial charge is 0.407 e. The summed E-state index contributed by atoms with van der Waals surface area (Å²) in [6.45, 7) is 3.41. The van der Waals surface area contributed by atoms with E-state index >= 15 is 0 Å². The first kappa shape index (κ1) is 25.7. The van der Waals surface area contributed by atoms with Crippen LogP contribution in [0.25, 0.3) is 0 Å². The van der Waals surface area contributed by atoms with Crippen LogP contribution in [-0.4, -0.2) is 137 Å². The van der Waals surface area contributed by atoms with E-state index in [0.29, 0.717) is 50.8 Å². The van der Waals surface area contributed by atoms with Crippen LogP contribution >= 0.6 is 11.6 Å². The van der Waals surface area contributed by atoms with Gasteiger partial charge >= 0.3 is 12.1 Å². The van der Waals surface area contributed by atoms with Crippen LogP contribution in [0.1, 0.15) is 5.56 Å². The SMILES string of the molecule is O=C(O)N1CCN(CCc2ccc(Cl)cc2)C(N2C(=O)C3CNCC(C(=O)N4CCOCC4)N3C2=O)C1. The van der Waals surface area contributed by atoms with Gasteiger partial charge in [0.15, 0.2) is 0 Å². The number of imide groups is 1. The molecule has 200 valence electrons. The van der Waals surface area contributed by atoms with Crippen molar-refractivity contribution in [2.75, 3.05) is 65.6 Å². The van der Waals surface area contributed by atoms with Crippen molar-refractivity contribution in [2.45, 2.75) is 24.7 Å². The van der Waals surface area contributed by atoms with Crippen molar-refractivity contribution in [2.24, 2.45) is 0 Å². The number of hydrogen-bond donors (Lipinski definition) is 2. The zero-order valence-electron chi connectivity index (χ0n) is 20.4. The number of morpholine rings is 1. The normalized spacial score (nSPS) is 27.0. The number of carbonyl (C=O) groups is 4. The van der Waals surface area contributed by atoms with Crippen LogP contribution in [0, 0.1) is 0 Å². The van der Waals surface area contributed by atoms with Gasteiger partial charge in [-0.05, 0) is 24.1 Å². The highest BCUT2D eigenvalue weighted by atomic mass is 35.5. The molecular weight excluding hydrogens is 504 g/mol. The third-order valence-electron chi connectivity index (χ3n) is 7.54. The van der Waals surface area contributed by atoms with Crippen LogP contribution in [0.15, 0.2) is 24.3 Å². The average Bonchev–Trinajstić information content (AvgIpc) is 3.18. The van der Waals surface area contributed by atoms with E-state index in [2.05, 4.69) is 5.32 Å². The molecule has 3 unspecified atom stereocenters. The molecule has 0 bridgehead atoms. The van der Waals surface area contributed by atoms with Gasteiger partial charge in [-0.15, -0.1) is 0 Å². The molecule has 4 heterocycles. The molecule has 4 aliphatic rings. The number of piperazine rings is 2. The third kappa shape index (κ3) is 5.11. The molecule has 0 radical (unpaired) electrons. The van der Waals surface area contributed by atoms with Crippen LogP contribution < -0.4 is 5.32 Å². The molecule has 2 N–H and O–H groups in total. The maximum absolute atomic E-state index is 13.8. The van der Waals surface area contributed by atoms with Gasteiger partial charge in [0.2, 0.25) is 5.91 Å². The Morgan fingerprint density at radius 2 is 1.76 bits per heavy atom. The van der Waals surface area contributed by atoms with Gasteiger partial charge in [0.25, 0.3) is 5.91 Å². The van der Waals surface area contributed by atoms with Crippen molar-refractivity contribution in [1.29, 1.82) is 0 Å². The number of benzene rings is 1. The molecule has 12 nitrogen and oxygen atoms in total. The van der Waals surface area contributed by atoms with Crippen molar-refractivity contribution in [3.8, 4) is 0 Å². The van der Waals surface area contributed by atoms with E-state index in [1.165, 1.54) is 14.7 Å². The lowest BCUT2D eigenvalue weighted by atomic mass is 10.1. The molecule has 1 aromatic carbocycles. The van der Waals surface area contributed by atoms with Gasteiger partial charge in [-0.25, -0.2) is 14.5 Å². The molecule has 0 saturated carbocycles. The van der Waals surface area contributed by atoms with E-state index < -0.39 is 36.3 Å². The van der Waals surface area contributed by atoms with Crippen LogP contribution in [-0.2, 0) is 20.7 Å². The van der Waals surface area contributed by atoms with Crippen LogP contribution in [0.3, 0.4) is 0 Å². The Labute approximate surface area is 219 Å². The first-order valence-corrected chi connectivity index (χ1v) is 12.9. The summed E-state index contributed by atoms with van der Waals surface area (Å²) in [5, 5.41) is 13.4. The number of halogens is 1. The fourth-order valence-electron chi connectivity index (χ4n) is 5.50. The number of fused-ring (bicyclic) bond motifs is 1. The molecule has 4 aliphatic heterocycles. The minimum atomic E-state index is -1.10. The largest absolute Gasteiger partial charge is 0.465 e. The maximum Gasteiger partial charge on any atom is 0.407 e. The number of hydrogen-bond acceptors (Lipinski definition) is 7. The zero-order chi connectivity index (χ0) is 26.1. The summed E-state index contributed by atoms with van der Waals surface area (Å²) in [6, 6.07) is 5.29. The van der Waals surface area contributed by atoms with Crippen LogP contribution in [0.2, 0.25) is 5.02 Å². The van der Waals surface area contributed by atoms with Gasteiger partial charge in [-0.1, -0.05) is 23.7 Å². The Balaban J connectivity index is 1.37. The summed E-state index contributed by atoms with van der Waals surface area (Å²) in [4.78, 5) is 59.9. The minimum Gasteiger partial charge on any atom is -0.465 e. The van der Waals surface area contributed by atoms with E-state index in [-0.39, 0.29) is 32.1 Å². The summed E-state index contributed by atoms with van der Waals surface area (Å²) < 4.78 is 5.34. The second-order valence-corrected chi connectivity index (χ2v) is 10.1. The molecule has 0 spiro atoms. The highest BCUT2D eigenvalue weighted by Crippen LogP contribution is 2.29. The van der Waals surface area contributed by atoms with Crippen LogP contribution in [0.4, 0.5) is 9.59 Å². The first-order chi connectivity index (χ1) is 17.8. The van der Waals surface area contributed by atoms with Crippen molar-refractivity contribution < 1.29 is 29.0 Å². The summed E-state index contributed by atoms with van der Waals surface area (Å²) in [7, 11) is 0. The minimum absolute atomic E-state index is 0.0104. The highest BCUT2D eigenvalue weighted by Gasteiger charge is 2.55. The van der Waals surface area contributed by atoms with E-state index in [4.69, 9.17) is 16.3 Å².